The maximum absolute atomic E-state index is 7.50. The zero-order valence-electron chi connectivity index (χ0n) is 4.38. The van der Waals surface area contributed by atoms with Crippen molar-refractivity contribution in [1.29, 1.82) is 10.5 Å². The Hall–Kier alpha value is -0.527. The zero-order chi connectivity index (χ0) is 8.00. The van der Waals surface area contributed by atoms with Gasteiger partial charge >= 0.3 is 39.7 Å². The van der Waals surface area contributed by atoms with E-state index in [2.05, 4.69) is 13.3 Å². The molecule has 0 saturated carbocycles. The molecule has 0 spiro atoms. The summed E-state index contributed by atoms with van der Waals surface area (Å²) < 4.78 is 15.0. The van der Waals surface area contributed by atoms with Crippen LogP contribution in [0.3, 0.4) is 0 Å². The Morgan fingerprint density at radius 3 is 0.700 bits per heavy atom. The van der Waals surface area contributed by atoms with E-state index in [4.69, 9.17) is 33.0 Å². The van der Waals surface area contributed by atoms with Crippen molar-refractivity contribution in [3.63, 3.8) is 0 Å². The first-order chi connectivity index (χ1) is 4.00. The van der Waals surface area contributed by atoms with Crippen molar-refractivity contribution in [2.75, 3.05) is 0 Å². The van der Waals surface area contributed by atoms with Crippen molar-refractivity contribution >= 4 is 0 Å². The largest absolute Gasteiger partial charge is 3.00 e. The predicted octanol–water partition coefficient (Wildman–Crippen LogP) is 0.113. The molecule has 0 fully saturated rings. The third kappa shape index (κ3) is 1130. The minimum absolute atomic E-state index is 0. The van der Waals surface area contributed by atoms with Crippen LogP contribution in [0.15, 0.2) is 0 Å². The van der Waals surface area contributed by atoms with Crippen LogP contribution in [0.2, 0.25) is 0 Å². The summed E-state index contributed by atoms with van der Waals surface area (Å²) in [6.07, 6.45) is 0. The molecule has 1 radical (unpaired) electrons. The predicted molar refractivity (Wildman–Crippen MR) is 17.8 cm³/mol. The Balaban J connectivity index is -0.00000000500. The molecule has 0 aliphatic rings. The van der Waals surface area contributed by atoms with Gasteiger partial charge in [0.2, 0.25) is 0 Å². The van der Waals surface area contributed by atoms with Crippen LogP contribution < -0.4 is 0 Å². The van der Waals surface area contributed by atoms with Gasteiger partial charge in [0, 0.05) is 16.5 Å². The van der Waals surface area contributed by atoms with Gasteiger partial charge < -0.3 is 23.7 Å². The van der Waals surface area contributed by atoms with Gasteiger partial charge in [-0.3, -0.25) is 0 Å². The van der Waals surface area contributed by atoms with E-state index in [1.54, 1.807) is 0 Å². The fourth-order valence-corrected chi connectivity index (χ4v) is 0. The third-order valence-electron chi connectivity index (χ3n) is 0. The maximum atomic E-state index is 7.50. The van der Waals surface area contributed by atoms with Gasteiger partial charge in [-0.15, -0.1) is 0 Å². The SMILES string of the molecule is [C-]#N.[C-]#N.[C-]#[O+].[C-]#[O+].[Fe+3].[Ni]. The van der Waals surface area contributed by atoms with Crippen molar-refractivity contribution in [2.45, 2.75) is 0 Å². The topological polar surface area (TPSA) is 87.4 Å². The molecule has 6 heteroatoms. The van der Waals surface area contributed by atoms with Crippen molar-refractivity contribution in [3.05, 3.63) is 26.4 Å². The van der Waals surface area contributed by atoms with Crippen molar-refractivity contribution in [2.24, 2.45) is 0 Å². The van der Waals surface area contributed by atoms with Crippen LogP contribution in [-0.4, -0.2) is 0 Å². The molecule has 0 aromatic heterocycles. The van der Waals surface area contributed by atoms with Gasteiger partial charge in [0.25, 0.3) is 0 Å². The molecule has 0 bridgehead atoms. The average Bonchev–Trinajstić information content (AvgIpc) is 2.03. The van der Waals surface area contributed by atoms with E-state index in [0.29, 0.717) is 0 Å². The number of hydrogen-bond acceptors (Lipinski definition) is 2. The van der Waals surface area contributed by atoms with Crippen LogP contribution >= 0.6 is 0 Å². The standard InChI is InChI=1S/2CN.2CO.Fe.Ni/c4*1-2;;/q2*-1;;;+3;. The zero-order valence-corrected chi connectivity index (χ0v) is 6.47. The summed E-state index contributed by atoms with van der Waals surface area (Å²) in [7, 11) is 0. The normalized spacial score (nSPS) is 0.800. The van der Waals surface area contributed by atoms with Crippen LogP contribution in [0.1, 0.15) is 0 Å². The first-order valence-electron chi connectivity index (χ1n) is 0.855. The summed E-state index contributed by atoms with van der Waals surface area (Å²) >= 11 is 0. The Morgan fingerprint density at radius 2 is 0.700 bits per heavy atom. The molecule has 0 aromatic carbocycles. The van der Waals surface area contributed by atoms with Crippen molar-refractivity contribution in [1.82, 2.24) is 0 Å². The molecular weight excluding hydrogens is 223 g/mol. The molecule has 0 amide bonds. The molecule has 0 aromatic rings. The summed E-state index contributed by atoms with van der Waals surface area (Å²) in [5.41, 5.74) is 0. The second-order valence-corrected chi connectivity index (χ2v) is 0. The molecule has 0 rings (SSSR count). The van der Waals surface area contributed by atoms with Gasteiger partial charge in [0.05, 0.1) is 0 Å². The van der Waals surface area contributed by atoms with Crippen molar-refractivity contribution < 1.29 is 42.9 Å². The Bertz CT molecular complexity index is 64.2. The molecular formula is C4FeN2NiO2+. The number of hydrogen-bond donors (Lipinski definition) is 0. The quantitative estimate of drug-likeness (QED) is 0.331. The second-order valence-electron chi connectivity index (χ2n) is 0. The fraction of sp³-hybridized carbons (Fsp3) is 0. The number of nitrogens with zero attached hydrogens (tertiary/aromatic N) is 2. The molecule has 10 heavy (non-hydrogen) atoms. The van der Waals surface area contributed by atoms with Crippen LogP contribution in [-0.2, 0) is 42.9 Å². The van der Waals surface area contributed by atoms with E-state index in [1.807, 2.05) is 0 Å². The molecule has 0 N–H and O–H groups in total. The number of rotatable bonds is 0. The second kappa shape index (κ2) is 1700. The Kier molecular flexibility index (Phi) is 9610. The van der Waals surface area contributed by atoms with Crippen molar-refractivity contribution in [3.8, 4) is 0 Å². The van der Waals surface area contributed by atoms with E-state index < -0.39 is 0 Å². The van der Waals surface area contributed by atoms with Crippen LogP contribution in [0, 0.1) is 37.0 Å². The summed E-state index contributed by atoms with van der Waals surface area (Å²) in [4.78, 5) is 0. The minimum atomic E-state index is 0. The monoisotopic (exact) mass is 222 g/mol. The van der Waals surface area contributed by atoms with Gasteiger partial charge in [-0.25, -0.2) is 0 Å². The van der Waals surface area contributed by atoms with Crippen LogP contribution in [0.25, 0.3) is 0 Å². The molecule has 0 atom stereocenters. The molecule has 0 saturated heterocycles. The minimum Gasteiger partial charge on any atom is 0 e. The van der Waals surface area contributed by atoms with Crippen LogP contribution in [0.5, 0.6) is 0 Å². The van der Waals surface area contributed by atoms with Gasteiger partial charge in [0.1, 0.15) is 0 Å². The molecule has 55 valence electrons. The average molecular weight is 223 g/mol. The molecule has 0 aliphatic heterocycles. The third-order valence-corrected chi connectivity index (χ3v) is 0. The van der Waals surface area contributed by atoms with Gasteiger partial charge in [-0.05, 0) is 0 Å². The molecule has 0 heterocycles. The Morgan fingerprint density at radius 1 is 0.700 bits per heavy atom. The molecule has 0 aliphatic carbocycles. The van der Waals surface area contributed by atoms with Gasteiger partial charge in [0.15, 0.2) is 0 Å². The molecule has 4 nitrogen and oxygen atoms in total. The summed E-state index contributed by atoms with van der Waals surface area (Å²) in [6.45, 7) is 18.5. The first-order valence-corrected chi connectivity index (χ1v) is 0.855. The van der Waals surface area contributed by atoms with Crippen LogP contribution in [0.4, 0.5) is 0 Å². The van der Waals surface area contributed by atoms with E-state index >= 15 is 0 Å². The Labute approximate surface area is 80.0 Å². The summed E-state index contributed by atoms with van der Waals surface area (Å²) in [5, 5.41) is 12.5. The van der Waals surface area contributed by atoms with E-state index in [1.165, 1.54) is 0 Å². The van der Waals surface area contributed by atoms with E-state index in [9.17, 15) is 0 Å². The smallest absolute Gasteiger partial charge is 0 e. The summed E-state index contributed by atoms with van der Waals surface area (Å²) in [5.74, 6) is 0. The van der Waals surface area contributed by atoms with Gasteiger partial charge in [-0.2, -0.15) is 0 Å². The molecule has 0 unspecified atom stereocenters. The summed E-state index contributed by atoms with van der Waals surface area (Å²) in [6, 6.07) is 0. The first kappa shape index (κ1) is 56.4. The van der Waals surface area contributed by atoms with Gasteiger partial charge in [-0.1, -0.05) is 0 Å². The fourth-order valence-electron chi connectivity index (χ4n) is 0. The van der Waals surface area contributed by atoms with E-state index in [0.717, 1.165) is 0 Å². The maximum Gasteiger partial charge on any atom is 3.00 e. The van der Waals surface area contributed by atoms with E-state index in [-0.39, 0.29) is 33.6 Å².